The van der Waals surface area contributed by atoms with Gasteiger partial charge in [-0.15, -0.1) is 0 Å². The lowest BCUT2D eigenvalue weighted by Gasteiger charge is -2.39. The Hall–Kier alpha value is -2.46. The molecule has 2 aromatic heterocycles. The molecular weight excluding hydrogens is 497 g/mol. The molecule has 1 fully saturated rings. The van der Waals surface area contributed by atoms with E-state index in [9.17, 15) is 8.42 Å². The largest absolute Gasteiger partial charge is 0.472 e. The van der Waals surface area contributed by atoms with E-state index < -0.39 is 10.0 Å². The van der Waals surface area contributed by atoms with Gasteiger partial charge in [-0.2, -0.15) is 0 Å². The minimum Gasteiger partial charge on any atom is -0.472 e. The second-order valence-electron chi connectivity index (χ2n) is 8.41. The van der Waals surface area contributed by atoms with Gasteiger partial charge in [-0.25, -0.2) is 23.4 Å². The van der Waals surface area contributed by atoms with Gasteiger partial charge in [0.05, 0.1) is 6.20 Å². The van der Waals surface area contributed by atoms with Crippen LogP contribution >= 0.6 is 23.2 Å². The number of aromatic nitrogens is 3. The highest BCUT2D eigenvalue weighted by atomic mass is 35.5. The third kappa shape index (κ3) is 5.78. The van der Waals surface area contributed by atoms with Crippen LogP contribution in [-0.2, 0) is 10.0 Å². The monoisotopic (exact) mass is 521 g/mol. The molecule has 0 bridgehead atoms. The Morgan fingerprint density at radius 3 is 2.62 bits per heavy atom. The Balaban J connectivity index is 1.48. The van der Waals surface area contributed by atoms with E-state index >= 15 is 0 Å². The molecule has 0 amide bonds. The number of hydrogen-bond acceptors (Lipinski definition) is 7. The van der Waals surface area contributed by atoms with Crippen molar-refractivity contribution < 1.29 is 13.2 Å². The fourth-order valence-corrected chi connectivity index (χ4v) is 5.65. The zero-order valence-electron chi connectivity index (χ0n) is 18.7. The van der Waals surface area contributed by atoms with Crippen molar-refractivity contribution in [2.75, 3.05) is 18.8 Å². The molecule has 4 rings (SSSR count). The Morgan fingerprint density at radius 2 is 1.94 bits per heavy atom. The van der Waals surface area contributed by atoms with Crippen LogP contribution in [0.5, 0.6) is 5.88 Å². The zero-order valence-corrected chi connectivity index (χ0v) is 21.1. The molecule has 0 aliphatic heterocycles. The average Bonchev–Trinajstić information content (AvgIpc) is 2.80. The van der Waals surface area contributed by atoms with Crippen LogP contribution in [0, 0.1) is 0 Å². The van der Waals surface area contributed by atoms with Crippen molar-refractivity contribution in [3.8, 4) is 5.88 Å². The third-order valence-corrected chi connectivity index (χ3v) is 7.74. The van der Waals surface area contributed by atoms with Crippen molar-refractivity contribution in [3.63, 3.8) is 0 Å². The lowest BCUT2D eigenvalue weighted by molar-refractivity contribution is 0.0514. The molecule has 11 heteroatoms. The highest BCUT2D eigenvalue weighted by molar-refractivity contribution is 7.92. The molecule has 1 N–H and O–H groups in total. The van der Waals surface area contributed by atoms with Gasteiger partial charge in [-0.1, -0.05) is 35.3 Å². The van der Waals surface area contributed by atoms with E-state index in [0.29, 0.717) is 5.92 Å². The molecular formula is C23H25Cl2N5O3S. The minimum atomic E-state index is -3.91. The van der Waals surface area contributed by atoms with E-state index in [0.717, 1.165) is 24.3 Å². The number of ether oxygens (including phenoxy) is 1. The summed E-state index contributed by atoms with van der Waals surface area (Å²) in [4.78, 5) is 13.9. The summed E-state index contributed by atoms with van der Waals surface area (Å²) in [5, 5.41) is 0.859. The van der Waals surface area contributed by atoms with Gasteiger partial charge < -0.3 is 9.64 Å². The lowest BCUT2D eigenvalue weighted by atomic mass is 9.79. The summed E-state index contributed by atoms with van der Waals surface area (Å²) in [5.74, 6) is 0.729. The van der Waals surface area contributed by atoms with Gasteiger partial charge in [0.15, 0.2) is 0 Å². The first-order chi connectivity index (χ1) is 16.2. The molecule has 1 saturated carbocycles. The summed E-state index contributed by atoms with van der Waals surface area (Å²) in [7, 11) is 0.124. The Morgan fingerprint density at radius 1 is 1.12 bits per heavy atom. The van der Waals surface area contributed by atoms with Crippen molar-refractivity contribution in [3.05, 3.63) is 70.7 Å². The number of sulfonamides is 1. The summed E-state index contributed by atoms with van der Waals surface area (Å²) >= 11 is 12.6. The first kappa shape index (κ1) is 24.7. The number of benzene rings is 1. The molecule has 3 atom stereocenters. The Labute approximate surface area is 209 Å². The summed E-state index contributed by atoms with van der Waals surface area (Å²) in [6, 6.07) is 10.9. The van der Waals surface area contributed by atoms with E-state index in [1.807, 2.05) is 32.3 Å². The predicted molar refractivity (Wildman–Crippen MR) is 132 cm³/mol. The maximum atomic E-state index is 12.7. The second kappa shape index (κ2) is 10.4. The summed E-state index contributed by atoms with van der Waals surface area (Å²) < 4.78 is 33.9. The van der Waals surface area contributed by atoms with Crippen molar-refractivity contribution in [2.24, 2.45) is 0 Å². The SMILES string of the molecule is CN(C)[C@H]1C[C@@H](c2cccc(Cl)c2)CC[C@@H]1Oc1ncc(S(=O)(=O)Nc2ccncn2)cc1Cl. The van der Waals surface area contributed by atoms with Crippen molar-refractivity contribution in [2.45, 2.75) is 42.2 Å². The van der Waals surface area contributed by atoms with E-state index in [1.165, 1.54) is 36.4 Å². The van der Waals surface area contributed by atoms with Crippen molar-refractivity contribution in [1.82, 2.24) is 19.9 Å². The smallest absolute Gasteiger partial charge is 0.264 e. The predicted octanol–water partition coefficient (Wildman–Crippen LogP) is 4.62. The summed E-state index contributed by atoms with van der Waals surface area (Å²) in [5.41, 5.74) is 1.22. The van der Waals surface area contributed by atoms with Crippen LogP contribution in [0.15, 0.2) is 60.0 Å². The number of rotatable bonds is 7. The number of anilines is 1. The molecule has 34 heavy (non-hydrogen) atoms. The maximum Gasteiger partial charge on any atom is 0.264 e. The van der Waals surface area contributed by atoms with Crippen LogP contribution in [0.25, 0.3) is 0 Å². The molecule has 8 nitrogen and oxygen atoms in total. The highest BCUT2D eigenvalue weighted by Gasteiger charge is 2.35. The van der Waals surface area contributed by atoms with Gasteiger partial charge in [0.2, 0.25) is 5.88 Å². The highest BCUT2D eigenvalue weighted by Crippen LogP contribution is 2.38. The van der Waals surface area contributed by atoms with E-state index in [2.05, 4.69) is 30.6 Å². The molecule has 3 aromatic rings. The fraction of sp³-hybridized carbons (Fsp3) is 0.348. The van der Waals surface area contributed by atoms with Crippen molar-refractivity contribution >= 4 is 39.0 Å². The van der Waals surface area contributed by atoms with Crippen LogP contribution in [0.2, 0.25) is 10.0 Å². The number of nitrogens with zero attached hydrogens (tertiary/aromatic N) is 4. The number of pyridine rings is 1. The second-order valence-corrected chi connectivity index (χ2v) is 10.9. The molecule has 0 saturated heterocycles. The van der Waals surface area contributed by atoms with Gasteiger partial charge in [-0.05, 0) is 69.1 Å². The van der Waals surface area contributed by atoms with Crippen LogP contribution in [0.1, 0.15) is 30.7 Å². The van der Waals surface area contributed by atoms with Gasteiger partial charge in [0.1, 0.15) is 28.2 Å². The Kier molecular flexibility index (Phi) is 7.57. The normalized spacial score (nSPS) is 20.8. The van der Waals surface area contributed by atoms with Crippen LogP contribution in [0.3, 0.4) is 0 Å². The summed E-state index contributed by atoms with van der Waals surface area (Å²) in [6.45, 7) is 0. The average molecular weight is 522 g/mol. The lowest BCUT2D eigenvalue weighted by Crippen LogP contribution is -2.46. The molecule has 0 spiro atoms. The van der Waals surface area contributed by atoms with Gasteiger partial charge >= 0.3 is 0 Å². The standard InChI is InChI=1S/C23H25Cl2N5O3S/c1-30(2)20-11-16(15-4-3-5-17(24)10-15)6-7-21(20)33-23-19(25)12-18(13-27-23)34(31,32)29-22-8-9-26-14-28-22/h3-5,8-10,12-14,16,20-21H,6-7,11H2,1-2H3,(H,26,28,29)/t16-,20-,21-/m0/s1. The number of halogens is 2. The van der Waals surface area contributed by atoms with E-state index in [1.54, 1.807) is 0 Å². The molecule has 0 unspecified atom stereocenters. The van der Waals surface area contributed by atoms with E-state index in [4.69, 9.17) is 27.9 Å². The van der Waals surface area contributed by atoms with Crippen LogP contribution in [0.4, 0.5) is 5.82 Å². The van der Waals surface area contributed by atoms with Gasteiger partial charge in [0.25, 0.3) is 10.0 Å². The first-order valence-electron chi connectivity index (χ1n) is 10.8. The quantitative estimate of drug-likeness (QED) is 0.484. The third-order valence-electron chi connectivity index (χ3n) is 5.91. The maximum absolute atomic E-state index is 12.7. The Bertz CT molecular complexity index is 1240. The van der Waals surface area contributed by atoms with Gasteiger partial charge in [0, 0.05) is 17.3 Å². The van der Waals surface area contributed by atoms with Gasteiger partial charge in [-0.3, -0.25) is 4.72 Å². The first-order valence-corrected chi connectivity index (χ1v) is 13.0. The molecule has 1 aromatic carbocycles. The minimum absolute atomic E-state index is 0.0858. The molecule has 1 aliphatic carbocycles. The molecule has 180 valence electrons. The molecule has 1 aliphatic rings. The van der Waals surface area contributed by atoms with Crippen LogP contribution in [-0.4, -0.2) is 54.5 Å². The number of nitrogens with one attached hydrogen (secondary N) is 1. The fourth-order valence-electron chi connectivity index (χ4n) is 4.20. The number of likely N-dealkylation sites (N-methyl/N-ethyl adjacent to an activating group) is 1. The van der Waals surface area contributed by atoms with Crippen LogP contribution < -0.4 is 9.46 Å². The molecule has 2 heterocycles. The molecule has 0 radical (unpaired) electrons. The zero-order chi connectivity index (χ0) is 24.3. The topological polar surface area (TPSA) is 97.3 Å². The van der Waals surface area contributed by atoms with E-state index in [-0.39, 0.29) is 33.8 Å². The summed E-state index contributed by atoms with van der Waals surface area (Å²) in [6.07, 6.45) is 6.41. The number of hydrogen-bond donors (Lipinski definition) is 1. The van der Waals surface area contributed by atoms with Crippen molar-refractivity contribution in [1.29, 1.82) is 0 Å².